The molecule has 1 aliphatic heterocycles. The highest BCUT2D eigenvalue weighted by Gasteiger charge is 2.28. The lowest BCUT2D eigenvalue weighted by atomic mass is 10.2. The lowest BCUT2D eigenvalue weighted by molar-refractivity contribution is -0.120. The number of nitrogens with one attached hydrogen (secondary N) is 1. The molecule has 0 aliphatic carbocycles. The van der Waals surface area contributed by atoms with Crippen LogP contribution < -0.4 is 15.0 Å². The van der Waals surface area contributed by atoms with Crippen molar-refractivity contribution in [1.29, 1.82) is 5.26 Å². The van der Waals surface area contributed by atoms with E-state index in [2.05, 4.69) is 15.3 Å². The number of urea groups is 1. The van der Waals surface area contributed by atoms with Crippen LogP contribution in [0.4, 0.5) is 16.2 Å². The lowest BCUT2D eigenvalue weighted by Crippen LogP contribution is -2.53. The first-order valence-electron chi connectivity index (χ1n) is 9.53. The molecular formula is C22H18N6O3. The minimum atomic E-state index is -0.373. The summed E-state index contributed by atoms with van der Waals surface area (Å²) < 4.78 is 5.62. The number of benzene rings is 1. The predicted molar refractivity (Wildman–Crippen MR) is 113 cm³/mol. The summed E-state index contributed by atoms with van der Waals surface area (Å²) in [4.78, 5) is 36.3. The van der Waals surface area contributed by atoms with Crippen molar-refractivity contribution in [3.05, 3.63) is 72.7 Å². The number of piperazine rings is 1. The molecule has 1 aliphatic rings. The minimum absolute atomic E-state index is 0.0198. The number of nitriles is 1. The Balaban J connectivity index is 1.32. The first-order chi connectivity index (χ1) is 15.1. The average molecular weight is 414 g/mol. The van der Waals surface area contributed by atoms with E-state index in [1.807, 2.05) is 12.1 Å². The molecule has 1 saturated heterocycles. The molecule has 1 aromatic carbocycles. The first kappa shape index (κ1) is 19.8. The summed E-state index contributed by atoms with van der Waals surface area (Å²) in [5.74, 6) is 0.731. The number of rotatable bonds is 4. The highest BCUT2D eigenvalue weighted by Crippen LogP contribution is 2.21. The third-order valence-corrected chi connectivity index (χ3v) is 4.66. The number of aromatic nitrogens is 2. The summed E-state index contributed by atoms with van der Waals surface area (Å²) >= 11 is 0. The molecule has 0 bridgehead atoms. The monoisotopic (exact) mass is 414 g/mol. The maximum atomic E-state index is 12.5. The van der Waals surface area contributed by atoms with E-state index in [0.29, 0.717) is 36.0 Å². The number of carbonyl (C=O) groups excluding carboxylic acids is 2. The Bertz CT molecular complexity index is 1110. The van der Waals surface area contributed by atoms with Crippen LogP contribution in [0.5, 0.6) is 11.6 Å². The van der Waals surface area contributed by atoms with Gasteiger partial charge in [-0.1, -0.05) is 0 Å². The molecule has 0 unspecified atom stereocenters. The first-order valence-corrected chi connectivity index (χ1v) is 9.53. The zero-order valence-electron chi connectivity index (χ0n) is 16.4. The Morgan fingerprint density at radius 3 is 2.58 bits per heavy atom. The molecule has 0 spiro atoms. The van der Waals surface area contributed by atoms with Gasteiger partial charge in [-0.3, -0.25) is 9.78 Å². The van der Waals surface area contributed by atoms with E-state index in [1.165, 1.54) is 11.1 Å². The molecule has 154 valence electrons. The van der Waals surface area contributed by atoms with Crippen molar-refractivity contribution in [2.75, 3.05) is 29.9 Å². The van der Waals surface area contributed by atoms with Crippen LogP contribution in [0.25, 0.3) is 0 Å². The molecule has 3 heterocycles. The SMILES string of the molecule is N#Cc1ccc(Oc2ccc(NC(=O)N3CCN(c4cccnc4)C(=O)C3)cn2)cc1. The Morgan fingerprint density at radius 1 is 1.10 bits per heavy atom. The van der Waals surface area contributed by atoms with Crippen molar-refractivity contribution >= 4 is 23.3 Å². The second-order valence-electron chi connectivity index (χ2n) is 6.73. The van der Waals surface area contributed by atoms with Crippen LogP contribution in [-0.2, 0) is 4.79 Å². The summed E-state index contributed by atoms with van der Waals surface area (Å²) in [6.45, 7) is 0.779. The van der Waals surface area contributed by atoms with Crippen molar-refractivity contribution in [2.45, 2.75) is 0 Å². The standard InChI is InChI=1S/C22H18N6O3/c23-12-16-3-6-19(7-4-16)31-20-8-5-17(13-25-20)26-22(30)27-10-11-28(21(29)15-27)18-2-1-9-24-14-18/h1-9,13-14H,10-11,15H2,(H,26,30). The molecule has 9 nitrogen and oxygen atoms in total. The van der Waals surface area contributed by atoms with Gasteiger partial charge in [0.05, 0.1) is 35.4 Å². The molecule has 31 heavy (non-hydrogen) atoms. The van der Waals surface area contributed by atoms with Crippen LogP contribution in [0, 0.1) is 11.3 Å². The minimum Gasteiger partial charge on any atom is -0.439 e. The fraction of sp³-hybridized carbons (Fsp3) is 0.136. The van der Waals surface area contributed by atoms with Gasteiger partial charge in [0.1, 0.15) is 12.3 Å². The maximum absolute atomic E-state index is 12.5. The zero-order valence-corrected chi connectivity index (χ0v) is 16.4. The third-order valence-electron chi connectivity index (χ3n) is 4.66. The van der Waals surface area contributed by atoms with Gasteiger partial charge in [0.2, 0.25) is 11.8 Å². The van der Waals surface area contributed by atoms with Gasteiger partial charge >= 0.3 is 6.03 Å². The highest BCUT2D eigenvalue weighted by atomic mass is 16.5. The lowest BCUT2D eigenvalue weighted by Gasteiger charge is -2.34. The highest BCUT2D eigenvalue weighted by molar-refractivity contribution is 5.99. The Morgan fingerprint density at radius 2 is 1.94 bits per heavy atom. The molecule has 0 atom stereocenters. The van der Waals surface area contributed by atoms with Crippen LogP contribution in [-0.4, -0.2) is 46.4 Å². The number of amides is 3. The molecule has 3 amide bonds. The van der Waals surface area contributed by atoms with E-state index in [1.54, 1.807) is 59.8 Å². The number of anilines is 2. The normalized spacial score (nSPS) is 13.5. The third kappa shape index (κ3) is 4.76. The summed E-state index contributed by atoms with van der Waals surface area (Å²) in [6.07, 6.45) is 4.75. The number of pyridine rings is 2. The van der Waals surface area contributed by atoms with Gasteiger partial charge in [-0.15, -0.1) is 0 Å². The van der Waals surface area contributed by atoms with Gasteiger partial charge in [-0.05, 0) is 42.5 Å². The second kappa shape index (κ2) is 8.92. The largest absolute Gasteiger partial charge is 0.439 e. The fourth-order valence-electron chi connectivity index (χ4n) is 3.07. The van der Waals surface area contributed by atoms with Crippen molar-refractivity contribution in [3.8, 4) is 17.7 Å². The molecule has 9 heteroatoms. The quantitative estimate of drug-likeness (QED) is 0.702. The number of carbonyl (C=O) groups is 2. The zero-order chi connectivity index (χ0) is 21.6. The molecule has 1 N–H and O–H groups in total. The Kier molecular flexibility index (Phi) is 5.71. The van der Waals surface area contributed by atoms with Crippen LogP contribution in [0.2, 0.25) is 0 Å². The van der Waals surface area contributed by atoms with Crippen molar-refractivity contribution in [1.82, 2.24) is 14.9 Å². The van der Waals surface area contributed by atoms with Crippen LogP contribution >= 0.6 is 0 Å². The van der Waals surface area contributed by atoms with Gasteiger partial charge < -0.3 is 19.9 Å². The van der Waals surface area contributed by atoms with E-state index in [-0.39, 0.29) is 18.5 Å². The number of hydrogen-bond acceptors (Lipinski definition) is 6. The van der Waals surface area contributed by atoms with Crippen LogP contribution in [0.15, 0.2) is 67.1 Å². The molecular weight excluding hydrogens is 396 g/mol. The predicted octanol–water partition coefficient (Wildman–Crippen LogP) is 3.02. The number of nitrogens with zero attached hydrogens (tertiary/aromatic N) is 5. The number of ether oxygens (including phenoxy) is 1. The van der Waals surface area contributed by atoms with Crippen LogP contribution in [0.1, 0.15) is 5.56 Å². The molecule has 3 aromatic rings. The fourth-order valence-corrected chi connectivity index (χ4v) is 3.07. The van der Waals surface area contributed by atoms with E-state index in [9.17, 15) is 9.59 Å². The van der Waals surface area contributed by atoms with E-state index in [0.717, 1.165) is 5.69 Å². The summed E-state index contributed by atoms with van der Waals surface area (Å²) in [6, 6.07) is 15.2. The number of hydrogen-bond donors (Lipinski definition) is 1. The molecule has 0 radical (unpaired) electrons. The second-order valence-corrected chi connectivity index (χ2v) is 6.73. The summed E-state index contributed by atoms with van der Waals surface area (Å²) in [5, 5.41) is 11.6. The molecule has 1 fully saturated rings. The average Bonchev–Trinajstić information content (AvgIpc) is 2.81. The van der Waals surface area contributed by atoms with Gasteiger partial charge in [0.25, 0.3) is 0 Å². The van der Waals surface area contributed by atoms with Gasteiger partial charge in [0, 0.05) is 25.4 Å². The maximum Gasteiger partial charge on any atom is 0.322 e. The molecule has 2 aromatic heterocycles. The van der Waals surface area contributed by atoms with Gasteiger partial charge in [0.15, 0.2) is 0 Å². The van der Waals surface area contributed by atoms with Crippen molar-refractivity contribution in [2.24, 2.45) is 0 Å². The van der Waals surface area contributed by atoms with Crippen molar-refractivity contribution < 1.29 is 14.3 Å². The Labute approximate surface area is 178 Å². The van der Waals surface area contributed by atoms with Gasteiger partial charge in [-0.25, -0.2) is 9.78 Å². The molecule has 4 rings (SSSR count). The topological polar surface area (TPSA) is 111 Å². The van der Waals surface area contributed by atoms with E-state index >= 15 is 0 Å². The smallest absolute Gasteiger partial charge is 0.322 e. The van der Waals surface area contributed by atoms with Crippen molar-refractivity contribution in [3.63, 3.8) is 0 Å². The van der Waals surface area contributed by atoms with E-state index in [4.69, 9.17) is 10.00 Å². The molecule has 0 saturated carbocycles. The summed E-state index contributed by atoms with van der Waals surface area (Å²) in [5.41, 5.74) is 1.74. The van der Waals surface area contributed by atoms with Gasteiger partial charge in [-0.2, -0.15) is 5.26 Å². The Hall–Kier alpha value is -4.45. The van der Waals surface area contributed by atoms with E-state index < -0.39 is 0 Å². The summed E-state index contributed by atoms with van der Waals surface area (Å²) in [7, 11) is 0. The van der Waals surface area contributed by atoms with Crippen LogP contribution in [0.3, 0.4) is 0 Å².